The summed E-state index contributed by atoms with van der Waals surface area (Å²) in [5.41, 5.74) is 5.14. The van der Waals surface area contributed by atoms with Gasteiger partial charge in [0.05, 0.1) is 11.5 Å². The predicted molar refractivity (Wildman–Crippen MR) is 76.1 cm³/mol. The molecule has 2 rings (SSSR count). The van der Waals surface area contributed by atoms with Crippen LogP contribution in [0.1, 0.15) is 15.2 Å². The lowest BCUT2D eigenvalue weighted by molar-refractivity contribution is -0.385. The van der Waals surface area contributed by atoms with Gasteiger partial charge >= 0.3 is 0 Å². The quantitative estimate of drug-likeness (QED) is 0.650. The molecule has 0 unspecified atom stereocenters. The Labute approximate surface area is 122 Å². The van der Waals surface area contributed by atoms with Crippen molar-refractivity contribution in [2.24, 2.45) is 5.73 Å². The van der Waals surface area contributed by atoms with E-state index >= 15 is 0 Å². The van der Waals surface area contributed by atoms with Gasteiger partial charge in [-0.05, 0) is 12.1 Å². The van der Waals surface area contributed by atoms with E-state index < -0.39 is 10.8 Å². The van der Waals surface area contributed by atoms with Crippen LogP contribution >= 0.6 is 22.9 Å². The molecular formula is C11H9ClN4O3S. The van der Waals surface area contributed by atoms with E-state index in [1.165, 1.54) is 23.5 Å². The molecule has 0 radical (unpaired) electrons. The lowest BCUT2D eigenvalue weighted by Crippen LogP contribution is -2.13. The second-order valence-electron chi connectivity index (χ2n) is 3.79. The van der Waals surface area contributed by atoms with Crippen molar-refractivity contribution >= 4 is 40.2 Å². The molecule has 3 N–H and O–H groups in total. The summed E-state index contributed by atoms with van der Waals surface area (Å²) in [7, 11) is 0. The van der Waals surface area contributed by atoms with Crippen LogP contribution in [0.3, 0.4) is 0 Å². The maximum Gasteiger partial charge on any atom is 0.284 e. The van der Waals surface area contributed by atoms with E-state index in [2.05, 4.69) is 10.3 Å². The molecule has 0 spiro atoms. The van der Waals surface area contributed by atoms with Crippen LogP contribution in [0.4, 0.5) is 11.4 Å². The summed E-state index contributed by atoms with van der Waals surface area (Å²) in [6.07, 6.45) is 1.62. The van der Waals surface area contributed by atoms with Crippen LogP contribution in [0, 0.1) is 10.1 Å². The van der Waals surface area contributed by atoms with Gasteiger partial charge in [-0.15, -0.1) is 11.3 Å². The van der Waals surface area contributed by atoms with Crippen LogP contribution in [0.15, 0.2) is 24.4 Å². The van der Waals surface area contributed by atoms with Crippen molar-refractivity contribution in [2.45, 2.75) is 6.54 Å². The number of rotatable bonds is 5. The highest BCUT2D eigenvalue weighted by Crippen LogP contribution is 2.24. The van der Waals surface area contributed by atoms with E-state index in [9.17, 15) is 14.9 Å². The summed E-state index contributed by atoms with van der Waals surface area (Å²) in [5.74, 6) is -0.836. The SMILES string of the molecule is NC(=O)c1ccc(NCc2cnc(Cl)s2)cc1[N+](=O)[O-]. The average Bonchev–Trinajstić information content (AvgIpc) is 2.81. The number of hydrogen-bond acceptors (Lipinski definition) is 6. The number of aromatic nitrogens is 1. The first-order chi connectivity index (χ1) is 9.47. The fourth-order valence-corrected chi connectivity index (χ4v) is 2.47. The summed E-state index contributed by atoms with van der Waals surface area (Å²) in [4.78, 5) is 26.1. The molecule has 0 bridgehead atoms. The van der Waals surface area contributed by atoms with Gasteiger partial charge in [-0.2, -0.15) is 0 Å². The van der Waals surface area contributed by atoms with Crippen LogP contribution in [0.25, 0.3) is 0 Å². The number of thiazole rings is 1. The number of hydrogen-bond donors (Lipinski definition) is 2. The number of nitro groups is 1. The lowest BCUT2D eigenvalue weighted by atomic mass is 10.1. The monoisotopic (exact) mass is 312 g/mol. The van der Waals surface area contributed by atoms with E-state index in [1.807, 2.05) is 0 Å². The van der Waals surface area contributed by atoms with Gasteiger partial charge in [0.15, 0.2) is 4.47 Å². The molecule has 104 valence electrons. The highest BCUT2D eigenvalue weighted by atomic mass is 35.5. The molecule has 1 aromatic carbocycles. The minimum atomic E-state index is -0.836. The normalized spacial score (nSPS) is 10.2. The Morgan fingerprint density at radius 2 is 2.30 bits per heavy atom. The number of halogens is 1. The first-order valence-electron chi connectivity index (χ1n) is 5.39. The molecule has 20 heavy (non-hydrogen) atoms. The van der Waals surface area contributed by atoms with Gasteiger partial charge < -0.3 is 11.1 Å². The van der Waals surface area contributed by atoms with Gasteiger partial charge in [-0.25, -0.2) is 4.98 Å². The number of primary amides is 1. The van der Waals surface area contributed by atoms with Crippen molar-refractivity contribution in [1.82, 2.24) is 4.98 Å². The van der Waals surface area contributed by atoms with Gasteiger partial charge in [-0.1, -0.05) is 11.6 Å². The largest absolute Gasteiger partial charge is 0.380 e. The van der Waals surface area contributed by atoms with E-state index in [0.717, 1.165) is 4.88 Å². The Hall–Kier alpha value is -2.19. The van der Waals surface area contributed by atoms with Gasteiger partial charge in [-0.3, -0.25) is 14.9 Å². The number of carbonyl (C=O) groups excluding carboxylic acids is 1. The van der Waals surface area contributed by atoms with E-state index in [-0.39, 0.29) is 11.3 Å². The third-order valence-electron chi connectivity index (χ3n) is 2.45. The topological polar surface area (TPSA) is 111 Å². The number of amides is 1. The lowest BCUT2D eigenvalue weighted by Gasteiger charge is -2.06. The molecule has 0 fully saturated rings. The Balaban J connectivity index is 2.18. The third kappa shape index (κ3) is 3.22. The molecule has 0 saturated carbocycles. The highest BCUT2D eigenvalue weighted by molar-refractivity contribution is 7.15. The van der Waals surface area contributed by atoms with Gasteiger partial charge in [0.2, 0.25) is 0 Å². The molecule has 7 nitrogen and oxygen atoms in total. The fourth-order valence-electron chi connectivity index (χ4n) is 1.56. The number of nitrogens with zero attached hydrogens (tertiary/aromatic N) is 2. The summed E-state index contributed by atoms with van der Waals surface area (Å²) in [6.45, 7) is 0.428. The fraction of sp³-hybridized carbons (Fsp3) is 0.0909. The van der Waals surface area contributed by atoms with Crippen molar-refractivity contribution in [2.75, 3.05) is 5.32 Å². The van der Waals surface area contributed by atoms with E-state index in [1.54, 1.807) is 12.3 Å². The van der Waals surface area contributed by atoms with Crippen molar-refractivity contribution in [3.05, 3.63) is 49.4 Å². The Morgan fingerprint density at radius 1 is 1.55 bits per heavy atom. The molecular weight excluding hydrogens is 304 g/mol. The molecule has 9 heteroatoms. The zero-order chi connectivity index (χ0) is 14.7. The number of nitrogens with two attached hydrogens (primary N) is 1. The maximum absolute atomic E-state index is 11.1. The second-order valence-corrected chi connectivity index (χ2v) is 5.48. The van der Waals surface area contributed by atoms with Gasteiger partial charge in [0.1, 0.15) is 5.56 Å². The van der Waals surface area contributed by atoms with Crippen LogP contribution in [0.5, 0.6) is 0 Å². The molecule has 0 saturated heterocycles. The molecule has 1 heterocycles. The molecule has 0 aliphatic heterocycles. The molecule has 0 atom stereocenters. The molecule has 1 amide bonds. The predicted octanol–water partition coefficient (Wildman–Crippen LogP) is 2.42. The van der Waals surface area contributed by atoms with Crippen LogP contribution in [-0.2, 0) is 6.54 Å². The first-order valence-corrected chi connectivity index (χ1v) is 6.59. The van der Waals surface area contributed by atoms with Crippen molar-refractivity contribution in [1.29, 1.82) is 0 Å². The van der Waals surface area contributed by atoms with Gasteiger partial charge in [0.25, 0.3) is 11.6 Å². The van der Waals surface area contributed by atoms with Gasteiger partial charge in [0, 0.05) is 22.8 Å². The number of anilines is 1. The Morgan fingerprint density at radius 3 is 2.85 bits per heavy atom. The standard InChI is InChI=1S/C11H9ClN4O3S/c12-11-15-5-7(20-11)4-14-6-1-2-8(10(13)17)9(3-6)16(18)19/h1-3,5,14H,4H2,(H2,13,17). The number of nitrogens with one attached hydrogen (secondary N) is 1. The first kappa shape index (κ1) is 14.2. The third-order valence-corrected chi connectivity index (χ3v) is 3.57. The average molecular weight is 313 g/mol. The maximum atomic E-state index is 11.1. The number of benzene rings is 1. The zero-order valence-corrected chi connectivity index (χ0v) is 11.6. The summed E-state index contributed by atoms with van der Waals surface area (Å²) in [6, 6.07) is 4.14. The van der Waals surface area contributed by atoms with Crippen LogP contribution in [-0.4, -0.2) is 15.8 Å². The number of nitro benzene ring substituents is 1. The van der Waals surface area contributed by atoms with Crippen molar-refractivity contribution in [3.8, 4) is 0 Å². The highest BCUT2D eigenvalue weighted by Gasteiger charge is 2.18. The van der Waals surface area contributed by atoms with Crippen molar-refractivity contribution < 1.29 is 9.72 Å². The molecule has 0 aliphatic rings. The second kappa shape index (κ2) is 5.85. The molecule has 0 aliphatic carbocycles. The summed E-state index contributed by atoms with van der Waals surface area (Å²) >= 11 is 7.01. The molecule has 1 aromatic heterocycles. The van der Waals surface area contributed by atoms with E-state index in [0.29, 0.717) is 16.7 Å². The number of carbonyl (C=O) groups is 1. The minimum absolute atomic E-state index is 0.124. The van der Waals surface area contributed by atoms with Crippen molar-refractivity contribution in [3.63, 3.8) is 0 Å². The Bertz CT molecular complexity index is 673. The van der Waals surface area contributed by atoms with E-state index in [4.69, 9.17) is 17.3 Å². The summed E-state index contributed by atoms with van der Waals surface area (Å²) in [5, 5.41) is 13.9. The van der Waals surface area contributed by atoms with Crippen LogP contribution in [0.2, 0.25) is 4.47 Å². The zero-order valence-electron chi connectivity index (χ0n) is 10.00. The Kier molecular flexibility index (Phi) is 4.16. The summed E-state index contributed by atoms with van der Waals surface area (Å²) < 4.78 is 0.428. The molecule has 2 aromatic rings. The minimum Gasteiger partial charge on any atom is -0.380 e. The smallest absolute Gasteiger partial charge is 0.284 e. The van der Waals surface area contributed by atoms with Crippen LogP contribution < -0.4 is 11.1 Å².